The van der Waals surface area contributed by atoms with Crippen LogP contribution in [0.15, 0.2) is 48.9 Å². The van der Waals surface area contributed by atoms with Crippen LogP contribution < -0.4 is 15.1 Å². The highest BCUT2D eigenvalue weighted by Gasteiger charge is 2.21. The third kappa shape index (κ3) is 4.64. The SMILES string of the molecule is Clc1cccc(CCNc2cnnc(N3CCN(c4ncccn4)CC3)n2)c1. The summed E-state index contributed by atoms with van der Waals surface area (Å²) >= 11 is 6.03. The maximum Gasteiger partial charge on any atom is 0.247 e. The Kier molecular flexibility index (Phi) is 5.77. The van der Waals surface area contributed by atoms with Crippen LogP contribution in [0.5, 0.6) is 0 Å². The van der Waals surface area contributed by atoms with Gasteiger partial charge in [-0.3, -0.25) is 0 Å². The molecule has 8 nitrogen and oxygen atoms in total. The second-order valence-electron chi connectivity index (χ2n) is 6.47. The fourth-order valence-electron chi connectivity index (χ4n) is 3.10. The number of halogens is 1. The number of hydrogen-bond donors (Lipinski definition) is 1. The van der Waals surface area contributed by atoms with Gasteiger partial charge < -0.3 is 15.1 Å². The van der Waals surface area contributed by atoms with Gasteiger partial charge in [0.15, 0.2) is 5.82 Å². The smallest absolute Gasteiger partial charge is 0.247 e. The molecular formula is C19H21ClN8. The molecule has 4 rings (SSSR count). The van der Waals surface area contributed by atoms with Crippen molar-refractivity contribution in [3.63, 3.8) is 0 Å². The van der Waals surface area contributed by atoms with Gasteiger partial charge in [-0.1, -0.05) is 23.7 Å². The largest absolute Gasteiger partial charge is 0.368 e. The van der Waals surface area contributed by atoms with E-state index in [0.717, 1.165) is 55.9 Å². The van der Waals surface area contributed by atoms with E-state index in [0.29, 0.717) is 5.95 Å². The molecule has 144 valence electrons. The molecule has 0 atom stereocenters. The van der Waals surface area contributed by atoms with Crippen LogP contribution in [0.1, 0.15) is 5.56 Å². The highest BCUT2D eigenvalue weighted by atomic mass is 35.5. The predicted octanol–water partition coefficient (Wildman–Crippen LogP) is 2.30. The van der Waals surface area contributed by atoms with Gasteiger partial charge in [-0.25, -0.2) is 9.97 Å². The van der Waals surface area contributed by atoms with E-state index in [1.165, 1.54) is 5.56 Å². The normalized spacial score (nSPS) is 14.2. The van der Waals surface area contributed by atoms with Crippen molar-refractivity contribution >= 4 is 29.3 Å². The lowest BCUT2D eigenvalue weighted by Gasteiger charge is -2.34. The van der Waals surface area contributed by atoms with Gasteiger partial charge in [-0.15, -0.1) is 5.10 Å². The molecule has 1 N–H and O–H groups in total. The van der Waals surface area contributed by atoms with E-state index in [2.05, 4.69) is 46.3 Å². The first-order valence-corrected chi connectivity index (χ1v) is 9.61. The molecule has 28 heavy (non-hydrogen) atoms. The Balaban J connectivity index is 1.31. The van der Waals surface area contributed by atoms with Crippen LogP contribution in [0, 0.1) is 0 Å². The third-order valence-electron chi connectivity index (χ3n) is 4.55. The summed E-state index contributed by atoms with van der Waals surface area (Å²) < 4.78 is 0. The van der Waals surface area contributed by atoms with Crippen LogP contribution in [0.4, 0.5) is 17.7 Å². The Morgan fingerprint density at radius 3 is 2.46 bits per heavy atom. The van der Waals surface area contributed by atoms with E-state index in [4.69, 9.17) is 11.6 Å². The van der Waals surface area contributed by atoms with Gasteiger partial charge in [0.2, 0.25) is 11.9 Å². The van der Waals surface area contributed by atoms with Gasteiger partial charge in [0.25, 0.3) is 0 Å². The van der Waals surface area contributed by atoms with Crippen LogP contribution in [0.25, 0.3) is 0 Å². The van der Waals surface area contributed by atoms with Crippen molar-refractivity contribution in [2.75, 3.05) is 47.8 Å². The van der Waals surface area contributed by atoms with Crippen LogP contribution >= 0.6 is 11.6 Å². The molecule has 3 aromatic rings. The van der Waals surface area contributed by atoms with Crippen molar-refractivity contribution in [1.29, 1.82) is 0 Å². The van der Waals surface area contributed by atoms with Crippen molar-refractivity contribution < 1.29 is 0 Å². The van der Waals surface area contributed by atoms with Crippen LogP contribution in [0.3, 0.4) is 0 Å². The molecule has 2 aromatic heterocycles. The first kappa shape index (κ1) is 18.4. The van der Waals surface area contributed by atoms with Crippen LogP contribution in [0.2, 0.25) is 5.02 Å². The molecule has 0 bridgehead atoms. The zero-order valence-electron chi connectivity index (χ0n) is 15.4. The van der Waals surface area contributed by atoms with Gasteiger partial charge >= 0.3 is 0 Å². The van der Waals surface area contributed by atoms with Gasteiger partial charge in [0.05, 0.1) is 6.20 Å². The first-order valence-electron chi connectivity index (χ1n) is 9.23. The fraction of sp³-hybridized carbons (Fsp3) is 0.316. The number of nitrogens with zero attached hydrogens (tertiary/aromatic N) is 7. The highest BCUT2D eigenvalue weighted by Crippen LogP contribution is 2.15. The van der Waals surface area contributed by atoms with Crippen molar-refractivity contribution in [1.82, 2.24) is 25.1 Å². The number of piperazine rings is 1. The van der Waals surface area contributed by atoms with Crippen molar-refractivity contribution in [2.45, 2.75) is 6.42 Å². The Morgan fingerprint density at radius 2 is 1.71 bits per heavy atom. The van der Waals surface area contributed by atoms with Crippen LogP contribution in [-0.4, -0.2) is 57.9 Å². The van der Waals surface area contributed by atoms with Gasteiger partial charge in [0, 0.05) is 50.1 Å². The molecule has 0 aliphatic carbocycles. The number of rotatable bonds is 6. The van der Waals surface area contributed by atoms with E-state index >= 15 is 0 Å². The lowest BCUT2D eigenvalue weighted by atomic mass is 10.1. The molecule has 1 aliphatic heterocycles. The van der Waals surface area contributed by atoms with E-state index in [1.807, 2.05) is 24.3 Å². The molecule has 0 radical (unpaired) electrons. The number of hydrogen-bond acceptors (Lipinski definition) is 8. The summed E-state index contributed by atoms with van der Waals surface area (Å²) in [5.74, 6) is 2.12. The van der Waals surface area contributed by atoms with Gasteiger partial charge in [-0.2, -0.15) is 10.1 Å². The second kappa shape index (κ2) is 8.79. The molecule has 0 spiro atoms. The van der Waals surface area contributed by atoms with Crippen LogP contribution in [-0.2, 0) is 6.42 Å². The Morgan fingerprint density at radius 1 is 0.964 bits per heavy atom. The summed E-state index contributed by atoms with van der Waals surface area (Å²) in [6.45, 7) is 3.98. The Bertz CT molecular complexity index is 899. The topological polar surface area (TPSA) is 83.0 Å². The summed E-state index contributed by atoms with van der Waals surface area (Å²) in [7, 11) is 0. The maximum absolute atomic E-state index is 6.03. The van der Waals surface area contributed by atoms with Crippen molar-refractivity contribution in [3.8, 4) is 0 Å². The molecule has 1 aliphatic rings. The second-order valence-corrected chi connectivity index (χ2v) is 6.91. The van der Waals surface area contributed by atoms with Crippen molar-refractivity contribution in [2.24, 2.45) is 0 Å². The number of nitrogens with one attached hydrogen (secondary N) is 1. The summed E-state index contributed by atoms with van der Waals surface area (Å²) in [5, 5.41) is 12.4. The van der Waals surface area contributed by atoms with E-state index in [-0.39, 0.29) is 0 Å². The summed E-state index contributed by atoms with van der Waals surface area (Å²) in [6, 6.07) is 9.70. The lowest BCUT2D eigenvalue weighted by molar-refractivity contribution is 0.623. The van der Waals surface area contributed by atoms with Gasteiger partial charge in [-0.05, 0) is 30.2 Å². The average molecular weight is 397 g/mol. The average Bonchev–Trinajstić information content (AvgIpc) is 2.75. The number of aromatic nitrogens is 5. The number of benzene rings is 1. The first-order chi connectivity index (χ1) is 13.8. The molecule has 0 amide bonds. The number of anilines is 3. The predicted molar refractivity (Wildman–Crippen MR) is 110 cm³/mol. The molecule has 1 saturated heterocycles. The summed E-state index contributed by atoms with van der Waals surface area (Å²) in [4.78, 5) is 17.5. The van der Waals surface area contributed by atoms with E-state index in [9.17, 15) is 0 Å². The molecule has 9 heteroatoms. The quantitative estimate of drug-likeness (QED) is 0.679. The van der Waals surface area contributed by atoms with Crippen molar-refractivity contribution in [3.05, 3.63) is 59.5 Å². The molecule has 1 aromatic carbocycles. The standard InChI is InChI=1S/C19H21ClN8/c20-16-4-1-3-15(13-16)5-8-21-17-14-24-26-19(25-17)28-11-9-27(10-12-28)18-22-6-2-7-23-18/h1-4,6-7,13-14H,5,8-12H2,(H,21,25,26). The molecule has 3 heterocycles. The Labute approximate surface area is 168 Å². The fourth-order valence-corrected chi connectivity index (χ4v) is 3.31. The maximum atomic E-state index is 6.03. The Hall–Kier alpha value is -3.00. The lowest BCUT2D eigenvalue weighted by Crippen LogP contribution is -2.47. The zero-order chi connectivity index (χ0) is 19.2. The minimum Gasteiger partial charge on any atom is -0.368 e. The van der Waals surface area contributed by atoms with Gasteiger partial charge in [0.1, 0.15) is 0 Å². The minimum absolute atomic E-state index is 0.640. The molecule has 0 unspecified atom stereocenters. The minimum atomic E-state index is 0.640. The molecule has 0 saturated carbocycles. The summed E-state index contributed by atoms with van der Waals surface area (Å²) in [6.07, 6.45) is 6.03. The van der Waals surface area contributed by atoms with E-state index < -0.39 is 0 Å². The molecular weight excluding hydrogens is 376 g/mol. The highest BCUT2D eigenvalue weighted by molar-refractivity contribution is 6.30. The van der Waals surface area contributed by atoms with E-state index in [1.54, 1.807) is 18.6 Å². The monoisotopic (exact) mass is 396 g/mol. The zero-order valence-corrected chi connectivity index (χ0v) is 16.1. The summed E-state index contributed by atoms with van der Waals surface area (Å²) in [5.41, 5.74) is 1.18. The third-order valence-corrected chi connectivity index (χ3v) is 4.79. The molecule has 1 fully saturated rings.